The highest BCUT2D eigenvalue weighted by atomic mass is 35.5. The van der Waals surface area contributed by atoms with Crippen LogP contribution in [0.1, 0.15) is 43.0 Å². The van der Waals surface area contributed by atoms with Crippen molar-refractivity contribution >= 4 is 43.6 Å². The van der Waals surface area contributed by atoms with Gasteiger partial charge in [0.2, 0.25) is 20.0 Å². The first-order chi connectivity index (χ1) is 30.0. The third kappa shape index (κ3) is 13.7. The topological polar surface area (TPSA) is 163 Å². The number of carbonyl (C=O) groups is 2. The van der Waals surface area contributed by atoms with Gasteiger partial charge in [-0.3, -0.25) is 0 Å². The highest BCUT2D eigenvalue weighted by Gasteiger charge is 2.20. The summed E-state index contributed by atoms with van der Waals surface area (Å²) < 4.78 is 102. The fraction of sp³-hybridized carbons (Fsp3) is 0.174. The lowest BCUT2D eigenvalue weighted by atomic mass is 10.1. The van der Waals surface area contributed by atoms with Crippen LogP contribution in [0.5, 0.6) is 23.0 Å². The van der Waals surface area contributed by atoms with Gasteiger partial charge in [0.1, 0.15) is 34.6 Å². The van der Waals surface area contributed by atoms with Crippen molar-refractivity contribution in [3.05, 3.63) is 177 Å². The molecule has 0 aromatic heterocycles. The third-order valence-electron chi connectivity index (χ3n) is 9.28. The summed E-state index contributed by atoms with van der Waals surface area (Å²) >= 11 is 5.75. The molecule has 0 unspecified atom stereocenters. The number of methoxy groups -OCH3 is 2. The van der Waals surface area contributed by atoms with Gasteiger partial charge in [-0.15, -0.1) is 0 Å². The van der Waals surface area contributed by atoms with E-state index < -0.39 is 37.8 Å². The Bertz CT molecular complexity index is 2770. The van der Waals surface area contributed by atoms with Gasteiger partial charge in [-0.2, -0.15) is 0 Å². The van der Waals surface area contributed by atoms with Crippen LogP contribution < -0.4 is 18.9 Å². The molecule has 6 rings (SSSR count). The molecule has 0 saturated heterocycles. The number of esters is 2. The lowest BCUT2D eigenvalue weighted by Gasteiger charge is -2.10. The molecule has 0 atom stereocenters. The molecule has 0 aliphatic carbocycles. The third-order valence-corrected chi connectivity index (χ3v) is 12.5. The second-order valence-corrected chi connectivity index (χ2v) is 17.7. The quantitative estimate of drug-likeness (QED) is 0.0896. The summed E-state index contributed by atoms with van der Waals surface area (Å²) in [6, 6.07) is 32.7. The first-order valence-corrected chi connectivity index (χ1v) is 22.4. The van der Waals surface area contributed by atoms with Gasteiger partial charge >= 0.3 is 11.9 Å². The Labute approximate surface area is 369 Å². The Kier molecular flexibility index (Phi) is 16.5. The van der Waals surface area contributed by atoms with E-state index in [2.05, 4.69) is 9.44 Å². The van der Waals surface area contributed by atoms with Crippen LogP contribution in [0, 0.1) is 25.5 Å². The zero-order valence-corrected chi connectivity index (χ0v) is 36.9. The molecule has 12 nitrogen and oxygen atoms in total. The Morgan fingerprint density at radius 1 is 0.540 bits per heavy atom. The Morgan fingerprint density at radius 2 is 0.921 bits per heavy atom. The molecule has 63 heavy (non-hydrogen) atoms. The summed E-state index contributed by atoms with van der Waals surface area (Å²) in [4.78, 5) is 23.6. The average Bonchev–Trinajstić information content (AvgIpc) is 3.26. The second kappa shape index (κ2) is 21.8. The number of ether oxygens (including phenoxy) is 4. The van der Waals surface area contributed by atoms with E-state index >= 15 is 0 Å². The van der Waals surface area contributed by atoms with Gasteiger partial charge in [-0.25, -0.2) is 44.6 Å². The molecular weight excluding hydrogens is 878 g/mol. The fourth-order valence-corrected chi connectivity index (χ4v) is 8.07. The summed E-state index contributed by atoms with van der Waals surface area (Å²) in [6.45, 7) is 3.76. The molecule has 0 heterocycles. The normalized spacial score (nSPS) is 11.2. The van der Waals surface area contributed by atoms with E-state index in [1.54, 1.807) is 62.4 Å². The molecule has 17 heteroatoms. The molecule has 0 fully saturated rings. The Morgan fingerprint density at radius 3 is 1.32 bits per heavy atom. The summed E-state index contributed by atoms with van der Waals surface area (Å²) in [5.74, 6) is 0.00847. The Hall–Kier alpha value is -6.17. The predicted molar refractivity (Wildman–Crippen MR) is 234 cm³/mol. The van der Waals surface area contributed by atoms with E-state index in [-0.39, 0.29) is 44.8 Å². The van der Waals surface area contributed by atoms with Crippen LogP contribution in [0.25, 0.3) is 0 Å². The van der Waals surface area contributed by atoms with Gasteiger partial charge in [-0.05, 0) is 134 Å². The van der Waals surface area contributed by atoms with Gasteiger partial charge in [0.25, 0.3) is 0 Å². The van der Waals surface area contributed by atoms with Crippen LogP contribution in [-0.4, -0.2) is 56.1 Å². The minimum Gasteiger partial charge on any atom is -0.465 e. The molecular formula is C46H43ClF2N2O10S2. The van der Waals surface area contributed by atoms with E-state index in [0.29, 0.717) is 47.0 Å². The van der Waals surface area contributed by atoms with Crippen LogP contribution in [0.2, 0.25) is 5.02 Å². The molecule has 2 N–H and O–H groups in total. The molecule has 0 bridgehead atoms. The average molecular weight is 921 g/mol. The largest absolute Gasteiger partial charge is 0.465 e. The number of benzene rings is 6. The molecule has 330 valence electrons. The van der Waals surface area contributed by atoms with Crippen LogP contribution in [0.15, 0.2) is 137 Å². The summed E-state index contributed by atoms with van der Waals surface area (Å²) in [7, 11) is -5.08. The smallest absolute Gasteiger partial charge is 0.338 e. The van der Waals surface area contributed by atoms with Crippen LogP contribution in [-0.2, 0) is 42.4 Å². The zero-order chi connectivity index (χ0) is 45.7. The van der Waals surface area contributed by atoms with Gasteiger partial charge in [0.15, 0.2) is 0 Å². The maximum atomic E-state index is 13.2. The van der Waals surface area contributed by atoms with Crippen molar-refractivity contribution in [1.82, 2.24) is 9.44 Å². The minimum atomic E-state index is -3.79. The van der Waals surface area contributed by atoms with Crippen molar-refractivity contribution in [2.45, 2.75) is 36.5 Å². The number of hydrogen-bond donors (Lipinski definition) is 2. The summed E-state index contributed by atoms with van der Waals surface area (Å²) in [5.41, 5.74) is 3.47. The molecule has 0 amide bonds. The number of rotatable bonds is 16. The molecule has 6 aromatic rings. The number of aryl methyl sites for hydroxylation is 2. The number of carbonyl (C=O) groups excluding carboxylic acids is 2. The second-order valence-electron chi connectivity index (χ2n) is 13.8. The van der Waals surface area contributed by atoms with E-state index in [1.807, 2.05) is 12.1 Å². The maximum Gasteiger partial charge on any atom is 0.338 e. The number of halogens is 3. The highest BCUT2D eigenvalue weighted by Crippen LogP contribution is 2.27. The fourth-order valence-electron chi connectivity index (χ4n) is 5.79. The molecule has 6 aromatic carbocycles. The zero-order valence-electron chi connectivity index (χ0n) is 34.5. The van der Waals surface area contributed by atoms with Gasteiger partial charge in [-0.1, -0.05) is 48.0 Å². The molecule has 0 aliphatic heterocycles. The van der Waals surface area contributed by atoms with Crippen molar-refractivity contribution in [3.63, 3.8) is 0 Å². The predicted octanol–water partition coefficient (Wildman–Crippen LogP) is 9.12. The summed E-state index contributed by atoms with van der Waals surface area (Å²) in [6.07, 6.45) is 0.906. The van der Waals surface area contributed by atoms with Crippen molar-refractivity contribution in [2.24, 2.45) is 0 Å². The van der Waals surface area contributed by atoms with Crippen LogP contribution >= 0.6 is 11.6 Å². The van der Waals surface area contributed by atoms with E-state index in [4.69, 9.17) is 30.5 Å². The van der Waals surface area contributed by atoms with Crippen LogP contribution in [0.4, 0.5) is 8.78 Å². The van der Waals surface area contributed by atoms with E-state index in [9.17, 15) is 35.2 Å². The highest BCUT2D eigenvalue weighted by molar-refractivity contribution is 7.89. The molecule has 0 spiro atoms. The SMILES string of the molecule is COC(=O)c1cc(S(=O)(=O)NCCc2ccc(Oc3ccc(F)c(Cl)c3)cc2)ccc1C.COC(=O)c1cc(S(=O)(=O)NCCc2ccc(Oc3ccc(F)cc3)cc2)ccc1C. The monoisotopic (exact) mass is 920 g/mol. The van der Waals surface area contributed by atoms with Crippen molar-refractivity contribution < 1.29 is 54.2 Å². The molecule has 0 radical (unpaired) electrons. The van der Waals surface area contributed by atoms with Gasteiger partial charge in [0.05, 0.1) is 40.2 Å². The van der Waals surface area contributed by atoms with Crippen molar-refractivity contribution in [3.8, 4) is 23.0 Å². The lowest BCUT2D eigenvalue weighted by Crippen LogP contribution is -2.26. The van der Waals surface area contributed by atoms with Crippen molar-refractivity contribution in [1.29, 1.82) is 0 Å². The van der Waals surface area contributed by atoms with Gasteiger partial charge in [0, 0.05) is 19.2 Å². The Balaban J connectivity index is 0.000000238. The summed E-state index contributed by atoms with van der Waals surface area (Å²) in [5, 5.41) is -0.0290. The number of hydrogen-bond acceptors (Lipinski definition) is 10. The first-order valence-electron chi connectivity index (χ1n) is 19.1. The van der Waals surface area contributed by atoms with Crippen molar-refractivity contribution in [2.75, 3.05) is 27.3 Å². The molecule has 0 aliphatic rings. The standard InChI is InChI=1S/C23H21ClFNO5S.C23H22FNO5S/c1-15-3-9-19(14-20(15)23(27)30-2)32(28,29)26-12-11-16-4-6-17(7-5-16)31-18-8-10-22(25)21(24)13-18;1-16-3-12-21(15-22(16)23(26)29-2)31(27,28)25-14-13-17-4-8-19(9-5-17)30-20-10-6-18(24)7-11-20/h3-10,13-14,26H,11-12H2,1-2H3;3-12,15,25H,13-14H2,1-2H3. The number of nitrogens with one attached hydrogen (secondary N) is 2. The van der Waals surface area contributed by atoms with Gasteiger partial charge < -0.3 is 18.9 Å². The maximum absolute atomic E-state index is 13.2. The van der Waals surface area contributed by atoms with E-state index in [1.165, 1.54) is 80.9 Å². The molecule has 0 saturated carbocycles. The lowest BCUT2D eigenvalue weighted by molar-refractivity contribution is 0.0590. The number of sulfonamides is 2. The first kappa shape index (κ1) is 47.9. The minimum absolute atomic E-state index is 0.00143. The van der Waals surface area contributed by atoms with Crippen LogP contribution in [0.3, 0.4) is 0 Å². The van der Waals surface area contributed by atoms with E-state index in [0.717, 1.165) is 11.1 Å².